The molecule has 0 spiro atoms. The standard InChI is InChI=1S/C11H16N2O2S/c1-4-10(3)12-13-16(14,15)11-7-5-9(2)6-8-11/h4-8,12-13H,1-3H3. The van der Waals surface area contributed by atoms with Gasteiger partial charge >= 0.3 is 0 Å². The smallest absolute Gasteiger partial charge is 0.257 e. The van der Waals surface area contributed by atoms with Crippen LogP contribution in [0.3, 0.4) is 0 Å². The van der Waals surface area contributed by atoms with Gasteiger partial charge in [-0.25, -0.2) is 8.42 Å². The van der Waals surface area contributed by atoms with Crippen molar-refractivity contribution in [1.29, 1.82) is 0 Å². The molecule has 1 rings (SSSR count). The average Bonchev–Trinajstić information content (AvgIpc) is 2.26. The minimum absolute atomic E-state index is 0.245. The summed E-state index contributed by atoms with van der Waals surface area (Å²) in [6, 6.07) is 6.67. The molecule has 0 aliphatic heterocycles. The predicted molar refractivity (Wildman–Crippen MR) is 64.1 cm³/mol. The molecule has 88 valence electrons. The van der Waals surface area contributed by atoms with Crippen LogP contribution in [0.4, 0.5) is 0 Å². The number of hydrogen-bond acceptors (Lipinski definition) is 3. The van der Waals surface area contributed by atoms with Gasteiger partial charge < -0.3 is 5.43 Å². The van der Waals surface area contributed by atoms with Crippen LogP contribution in [-0.2, 0) is 10.0 Å². The molecule has 4 nitrogen and oxygen atoms in total. The number of aryl methyl sites for hydroxylation is 1. The second-order valence-corrected chi connectivity index (χ2v) is 5.20. The van der Waals surface area contributed by atoms with E-state index in [2.05, 4.69) is 10.3 Å². The average molecular weight is 240 g/mol. The van der Waals surface area contributed by atoms with Crippen molar-refractivity contribution in [2.75, 3.05) is 0 Å². The fourth-order valence-electron chi connectivity index (χ4n) is 0.996. The zero-order valence-corrected chi connectivity index (χ0v) is 10.4. The van der Waals surface area contributed by atoms with Crippen molar-refractivity contribution in [2.24, 2.45) is 0 Å². The highest BCUT2D eigenvalue weighted by Gasteiger charge is 2.12. The highest BCUT2D eigenvalue weighted by molar-refractivity contribution is 7.89. The van der Waals surface area contributed by atoms with Crippen molar-refractivity contribution in [1.82, 2.24) is 10.3 Å². The van der Waals surface area contributed by atoms with Crippen LogP contribution in [0.1, 0.15) is 19.4 Å². The van der Waals surface area contributed by atoms with Crippen LogP contribution in [0, 0.1) is 6.92 Å². The summed E-state index contributed by atoms with van der Waals surface area (Å²) in [6.07, 6.45) is 1.78. The molecule has 0 unspecified atom stereocenters. The van der Waals surface area contributed by atoms with Crippen LogP contribution in [-0.4, -0.2) is 8.42 Å². The Morgan fingerprint density at radius 3 is 2.31 bits per heavy atom. The van der Waals surface area contributed by atoms with Gasteiger partial charge in [-0.05, 0) is 32.9 Å². The molecule has 0 atom stereocenters. The van der Waals surface area contributed by atoms with E-state index in [0.29, 0.717) is 0 Å². The number of allylic oxidation sites excluding steroid dienone is 2. The zero-order valence-electron chi connectivity index (χ0n) is 9.61. The maximum atomic E-state index is 11.8. The molecule has 0 saturated carbocycles. The van der Waals surface area contributed by atoms with Gasteiger partial charge in [0.1, 0.15) is 0 Å². The van der Waals surface area contributed by atoms with Crippen LogP contribution in [0.2, 0.25) is 0 Å². The third kappa shape index (κ3) is 3.36. The lowest BCUT2D eigenvalue weighted by atomic mass is 10.2. The van der Waals surface area contributed by atoms with Crippen molar-refractivity contribution >= 4 is 10.0 Å². The SMILES string of the molecule is CC=C(C)NNS(=O)(=O)c1ccc(C)cc1. The molecule has 0 aromatic heterocycles. The number of nitrogens with one attached hydrogen (secondary N) is 2. The first-order chi connectivity index (χ1) is 7.45. The number of sulfonamides is 1. The highest BCUT2D eigenvalue weighted by Crippen LogP contribution is 2.09. The van der Waals surface area contributed by atoms with Crippen LogP contribution in [0.5, 0.6) is 0 Å². The lowest BCUT2D eigenvalue weighted by molar-refractivity contribution is 0.570. The molecule has 1 aromatic rings. The maximum absolute atomic E-state index is 11.8. The summed E-state index contributed by atoms with van der Waals surface area (Å²) in [6.45, 7) is 5.51. The van der Waals surface area contributed by atoms with Crippen molar-refractivity contribution in [2.45, 2.75) is 25.7 Å². The van der Waals surface area contributed by atoms with E-state index in [9.17, 15) is 8.42 Å². The number of benzene rings is 1. The quantitative estimate of drug-likeness (QED) is 0.788. The van der Waals surface area contributed by atoms with Crippen molar-refractivity contribution in [3.63, 3.8) is 0 Å². The summed E-state index contributed by atoms with van der Waals surface area (Å²) in [4.78, 5) is 2.54. The monoisotopic (exact) mass is 240 g/mol. The fraction of sp³-hybridized carbons (Fsp3) is 0.273. The van der Waals surface area contributed by atoms with E-state index < -0.39 is 10.0 Å². The summed E-state index contributed by atoms with van der Waals surface area (Å²) in [5.41, 5.74) is 4.38. The normalized spacial score (nSPS) is 12.6. The van der Waals surface area contributed by atoms with Gasteiger partial charge in [0.25, 0.3) is 10.0 Å². The second kappa shape index (κ2) is 5.14. The van der Waals surface area contributed by atoms with Gasteiger partial charge in [-0.2, -0.15) is 0 Å². The summed E-state index contributed by atoms with van der Waals surface area (Å²) in [5, 5.41) is 0. The Kier molecular flexibility index (Phi) is 4.09. The second-order valence-electron chi connectivity index (χ2n) is 3.52. The molecule has 0 amide bonds. The van der Waals surface area contributed by atoms with E-state index in [4.69, 9.17) is 0 Å². The van der Waals surface area contributed by atoms with Crippen molar-refractivity contribution in [3.05, 3.63) is 41.6 Å². The first-order valence-corrected chi connectivity index (χ1v) is 6.41. The zero-order chi connectivity index (χ0) is 12.2. The topological polar surface area (TPSA) is 58.2 Å². The third-order valence-electron chi connectivity index (χ3n) is 2.15. The highest BCUT2D eigenvalue weighted by atomic mass is 32.2. The van der Waals surface area contributed by atoms with Gasteiger partial charge in [0, 0.05) is 5.70 Å². The Morgan fingerprint density at radius 1 is 1.25 bits per heavy atom. The first-order valence-electron chi connectivity index (χ1n) is 4.93. The number of hydrazine groups is 1. The van der Waals surface area contributed by atoms with Crippen molar-refractivity contribution < 1.29 is 8.42 Å². The van der Waals surface area contributed by atoms with Gasteiger partial charge in [0.2, 0.25) is 0 Å². The predicted octanol–water partition coefficient (Wildman–Crippen LogP) is 1.70. The summed E-state index contributed by atoms with van der Waals surface area (Å²) >= 11 is 0. The Balaban J connectivity index is 2.82. The minimum atomic E-state index is -3.48. The molecule has 0 saturated heterocycles. The molecular formula is C11H16N2O2S. The molecule has 2 N–H and O–H groups in total. The summed E-state index contributed by atoms with van der Waals surface area (Å²) in [7, 11) is -3.48. The Hall–Kier alpha value is -1.33. The lowest BCUT2D eigenvalue weighted by Gasteiger charge is -2.09. The van der Waals surface area contributed by atoms with Crippen LogP contribution < -0.4 is 10.3 Å². The van der Waals surface area contributed by atoms with Gasteiger partial charge in [-0.1, -0.05) is 23.8 Å². The Labute approximate surface area is 96.4 Å². The Bertz CT molecular complexity index is 475. The van der Waals surface area contributed by atoms with Gasteiger partial charge in [0.05, 0.1) is 4.90 Å². The van der Waals surface area contributed by atoms with Crippen LogP contribution in [0.15, 0.2) is 40.9 Å². The minimum Gasteiger partial charge on any atom is -0.313 e. The van der Waals surface area contributed by atoms with Crippen LogP contribution in [0.25, 0.3) is 0 Å². The third-order valence-corrected chi connectivity index (χ3v) is 3.41. The molecule has 0 aliphatic carbocycles. The lowest BCUT2D eigenvalue weighted by Crippen LogP contribution is -2.35. The van der Waals surface area contributed by atoms with Crippen LogP contribution >= 0.6 is 0 Å². The van der Waals surface area contributed by atoms with E-state index in [1.165, 1.54) is 0 Å². The molecule has 0 bridgehead atoms. The molecule has 16 heavy (non-hydrogen) atoms. The maximum Gasteiger partial charge on any atom is 0.257 e. The van der Waals surface area contributed by atoms with E-state index in [0.717, 1.165) is 11.3 Å². The first kappa shape index (κ1) is 12.7. The van der Waals surface area contributed by atoms with E-state index >= 15 is 0 Å². The summed E-state index contributed by atoms with van der Waals surface area (Å²) in [5.74, 6) is 0. The number of hydrogen-bond donors (Lipinski definition) is 2. The van der Waals surface area contributed by atoms with E-state index in [1.807, 2.05) is 13.8 Å². The van der Waals surface area contributed by atoms with E-state index in [-0.39, 0.29) is 4.90 Å². The number of rotatable bonds is 4. The van der Waals surface area contributed by atoms with E-state index in [1.54, 1.807) is 37.3 Å². The summed E-state index contributed by atoms with van der Waals surface area (Å²) < 4.78 is 23.5. The molecule has 0 aliphatic rings. The van der Waals surface area contributed by atoms with Crippen molar-refractivity contribution in [3.8, 4) is 0 Å². The van der Waals surface area contributed by atoms with Gasteiger partial charge in [-0.15, -0.1) is 4.83 Å². The van der Waals surface area contributed by atoms with Gasteiger partial charge in [0.15, 0.2) is 0 Å². The molecule has 1 aromatic carbocycles. The van der Waals surface area contributed by atoms with Gasteiger partial charge in [-0.3, -0.25) is 0 Å². The molecular weight excluding hydrogens is 224 g/mol. The molecule has 5 heteroatoms. The fourth-order valence-corrected chi connectivity index (χ4v) is 1.90. The molecule has 0 radical (unpaired) electrons. The molecule has 0 fully saturated rings. The molecule has 0 heterocycles. The Morgan fingerprint density at radius 2 is 1.81 bits per heavy atom. The largest absolute Gasteiger partial charge is 0.313 e.